The maximum Gasteiger partial charge on any atom is 0.262 e. The number of hydrogen-bond acceptors (Lipinski definition) is 6. The molecular formula is C31H32ClFN4O4. The summed E-state index contributed by atoms with van der Waals surface area (Å²) in [5.41, 5.74) is 2.73. The minimum absolute atomic E-state index is 0.153. The first-order chi connectivity index (χ1) is 19.9. The summed E-state index contributed by atoms with van der Waals surface area (Å²) in [6, 6.07) is 19.8. The molecule has 0 radical (unpaired) electrons. The first kappa shape index (κ1) is 28.7. The number of amides is 2. The Morgan fingerprint density at radius 2 is 1.71 bits per heavy atom. The van der Waals surface area contributed by atoms with Gasteiger partial charge < -0.3 is 14.4 Å². The van der Waals surface area contributed by atoms with Gasteiger partial charge in [0.2, 0.25) is 0 Å². The lowest BCUT2D eigenvalue weighted by Gasteiger charge is -2.31. The van der Waals surface area contributed by atoms with Crippen molar-refractivity contribution in [2.75, 3.05) is 53.0 Å². The van der Waals surface area contributed by atoms with E-state index in [4.69, 9.17) is 21.1 Å². The molecule has 0 bridgehead atoms. The number of carbonyl (C=O) groups is 2. The molecule has 0 aliphatic carbocycles. The number of nitrogens with zero attached hydrogens (tertiary/aromatic N) is 4. The maximum atomic E-state index is 13.9. The van der Waals surface area contributed by atoms with E-state index in [1.54, 1.807) is 60.5 Å². The van der Waals surface area contributed by atoms with Crippen molar-refractivity contribution in [2.24, 2.45) is 5.10 Å². The largest absolute Gasteiger partial charge is 0.497 e. The smallest absolute Gasteiger partial charge is 0.262 e. The van der Waals surface area contributed by atoms with Gasteiger partial charge >= 0.3 is 0 Å². The van der Waals surface area contributed by atoms with Crippen LogP contribution in [0.5, 0.6) is 5.75 Å². The zero-order chi connectivity index (χ0) is 28.8. The van der Waals surface area contributed by atoms with Crippen molar-refractivity contribution in [1.82, 2.24) is 14.8 Å². The lowest BCUT2D eigenvalue weighted by atomic mass is 9.98. The molecule has 1 saturated heterocycles. The summed E-state index contributed by atoms with van der Waals surface area (Å²) >= 11 is 6.13. The van der Waals surface area contributed by atoms with Gasteiger partial charge in [-0.05, 0) is 59.7 Å². The standard InChI is InChI=1S/C31H32ClFN4O4/c1-40-27-12-6-24(7-13-27)31(39)36(15-14-35-16-18-41-19-17-35)21-30(38)37-29(23-2-8-25(32)9-3-23)20-28(34-37)22-4-10-26(33)11-5-22/h2-13,29H,14-21H2,1H3/t29-/m1/s1. The molecule has 2 heterocycles. The van der Waals surface area contributed by atoms with Crippen LogP contribution in [-0.2, 0) is 9.53 Å². The van der Waals surface area contributed by atoms with E-state index in [9.17, 15) is 14.0 Å². The summed E-state index contributed by atoms with van der Waals surface area (Å²) in [5.74, 6) is -0.268. The fourth-order valence-electron chi connectivity index (χ4n) is 4.99. The fourth-order valence-corrected chi connectivity index (χ4v) is 5.12. The molecule has 0 unspecified atom stereocenters. The third kappa shape index (κ3) is 7.11. The molecule has 3 aromatic carbocycles. The van der Waals surface area contributed by atoms with Crippen molar-refractivity contribution >= 4 is 29.1 Å². The number of carbonyl (C=O) groups excluding carboxylic acids is 2. The van der Waals surface area contributed by atoms with Crippen LogP contribution in [0, 0.1) is 5.82 Å². The Morgan fingerprint density at radius 3 is 2.37 bits per heavy atom. The molecule has 214 valence electrons. The van der Waals surface area contributed by atoms with E-state index >= 15 is 0 Å². The van der Waals surface area contributed by atoms with Gasteiger partial charge in [-0.15, -0.1) is 0 Å². The highest BCUT2D eigenvalue weighted by Crippen LogP contribution is 2.33. The first-order valence-corrected chi connectivity index (χ1v) is 13.9. The predicted molar refractivity (Wildman–Crippen MR) is 155 cm³/mol. The SMILES string of the molecule is COc1ccc(C(=O)N(CCN2CCOCC2)CC(=O)N2N=C(c3ccc(F)cc3)C[C@@H]2c2ccc(Cl)cc2)cc1. The van der Waals surface area contributed by atoms with Crippen LogP contribution in [0.3, 0.4) is 0 Å². The second-order valence-electron chi connectivity index (χ2n) is 9.97. The molecule has 5 rings (SSSR count). The van der Waals surface area contributed by atoms with Crippen LogP contribution in [0.4, 0.5) is 4.39 Å². The molecule has 3 aromatic rings. The number of ether oxygens (including phenoxy) is 2. The number of benzene rings is 3. The van der Waals surface area contributed by atoms with Crippen LogP contribution in [0.1, 0.15) is 33.9 Å². The normalized spacial score (nSPS) is 17.3. The van der Waals surface area contributed by atoms with Gasteiger partial charge in [0.05, 0.1) is 32.1 Å². The summed E-state index contributed by atoms with van der Waals surface area (Å²) in [6.07, 6.45) is 0.444. The quantitative estimate of drug-likeness (QED) is 0.370. The van der Waals surface area contributed by atoms with Crippen LogP contribution in [0.25, 0.3) is 0 Å². The molecule has 10 heteroatoms. The van der Waals surface area contributed by atoms with Crippen molar-refractivity contribution in [3.05, 3.63) is 100 Å². The number of hydrogen-bond donors (Lipinski definition) is 0. The lowest BCUT2D eigenvalue weighted by Crippen LogP contribution is -2.46. The Hall–Kier alpha value is -3.79. The summed E-state index contributed by atoms with van der Waals surface area (Å²) < 4.78 is 24.3. The first-order valence-electron chi connectivity index (χ1n) is 13.6. The monoisotopic (exact) mass is 578 g/mol. The van der Waals surface area contributed by atoms with Crippen molar-refractivity contribution < 1.29 is 23.5 Å². The highest BCUT2D eigenvalue weighted by Gasteiger charge is 2.34. The second kappa shape index (κ2) is 13.2. The van der Waals surface area contributed by atoms with Crippen LogP contribution in [0.2, 0.25) is 5.02 Å². The number of hydrazone groups is 1. The molecule has 8 nitrogen and oxygen atoms in total. The highest BCUT2D eigenvalue weighted by molar-refractivity contribution is 6.30. The van der Waals surface area contributed by atoms with Crippen LogP contribution >= 0.6 is 11.6 Å². The van der Waals surface area contributed by atoms with Crippen LogP contribution < -0.4 is 4.74 Å². The van der Waals surface area contributed by atoms with Crippen molar-refractivity contribution in [1.29, 1.82) is 0 Å². The minimum Gasteiger partial charge on any atom is -0.497 e. The Balaban J connectivity index is 1.40. The van der Waals surface area contributed by atoms with Gasteiger partial charge in [0.25, 0.3) is 11.8 Å². The van der Waals surface area contributed by atoms with Gasteiger partial charge in [-0.1, -0.05) is 35.9 Å². The van der Waals surface area contributed by atoms with E-state index in [1.165, 1.54) is 17.1 Å². The fraction of sp³-hybridized carbons (Fsp3) is 0.323. The van der Waals surface area contributed by atoms with E-state index in [1.807, 2.05) is 12.1 Å². The minimum atomic E-state index is -0.392. The summed E-state index contributed by atoms with van der Waals surface area (Å²) in [7, 11) is 1.57. The molecule has 0 N–H and O–H groups in total. The molecule has 2 aliphatic rings. The third-order valence-electron chi connectivity index (χ3n) is 7.34. The van der Waals surface area contributed by atoms with Crippen molar-refractivity contribution in [3.8, 4) is 5.75 Å². The predicted octanol–water partition coefficient (Wildman–Crippen LogP) is 4.64. The number of methoxy groups -OCH3 is 1. The third-order valence-corrected chi connectivity index (χ3v) is 7.59. The summed E-state index contributed by atoms with van der Waals surface area (Å²) in [4.78, 5) is 31.4. The van der Waals surface area contributed by atoms with E-state index < -0.39 is 6.04 Å². The van der Waals surface area contributed by atoms with Crippen molar-refractivity contribution in [3.63, 3.8) is 0 Å². The zero-order valence-electron chi connectivity index (χ0n) is 22.8. The van der Waals surface area contributed by atoms with Gasteiger partial charge in [0, 0.05) is 43.2 Å². The maximum absolute atomic E-state index is 13.9. The van der Waals surface area contributed by atoms with Gasteiger partial charge in [0.15, 0.2) is 0 Å². The zero-order valence-corrected chi connectivity index (χ0v) is 23.6. The van der Waals surface area contributed by atoms with Crippen molar-refractivity contribution in [2.45, 2.75) is 12.5 Å². The number of morpholine rings is 1. The second-order valence-corrected chi connectivity index (χ2v) is 10.4. The van der Waals surface area contributed by atoms with Crippen LogP contribution in [-0.4, -0.2) is 85.4 Å². The van der Waals surface area contributed by atoms with Gasteiger partial charge in [-0.25, -0.2) is 9.40 Å². The van der Waals surface area contributed by atoms with E-state index in [0.29, 0.717) is 54.8 Å². The molecule has 41 heavy (non-hydrogen) atoms. The Kier molecular flexibility index (Phi) is 9.28. The average Bonchev–Trinajstić information content (AvgIpc) is 3.46. The van der Waals surface area contributed by atoms with E-state index in [2.05, 4.69) is 10.0 Å². The Labute approximate surface area is 243 Å². The molecule has 0 spiro atoms. The molecule has 1 atom stereocenters. The lowest BCUT2D eigenvalue weighted by molar-refractivity contribution is -0.133. The molecule has 2 aliphatic heterocycles. The van der Waals surface area contributed by atoms with Crippen LogP contribution in [0.15, 0.2) is 77.9 Å². The molecule has 0 aromatic heterocycles. The summed E-state index contributed by atoms with van der Waals surface area (Å²) in [6.45, 7) is 3.65. The molecular weight excluding hydrogens is 547 g/mol. The van der Waals surface area contributed by atoms with Gasteiger partial charge in [-0.3, -0.25) is 14.5 Å². The average molecular weight is 579 g/mol. The van der Waals surface area contributed by atoms with E-state index in [0.717, 1.165) is 24.2 Å². The molecule has 1 fully saturated rings. The van der Waals surface area contributed by atoms with Gasteiger partial charge in [0.1, 0.15) is 18.1 Å². The topological polar surface area (TPSA) is 74.7 Å². The van der Waals surface area contributed by atoms with Gasteiger partial charge in [-0.2, -0.15) is 5.10 Å². The highest BCUT2D eigenvalue weighted by atomic mass is 35.5. The Morgan fingerprint density at radius 1 is 1.02 bits per heavy atom. The summed E-state index contributed by atoms with van der Waals surface area (Å²) in [5, 5.41) is 6.73. The molecule has 2 amide bonds. The molecule has 0 saturated carbocycles. The Bertz CT molecular complexity index is 1380. The number of halogens is 2. The van der Waals surface area contributed by atoms with E-state index in [-0.39, 0.29) is 24.2 Å². The number of rotatable bonds is 9.